The van der Waals surface area contributed by atoms with Crippen LogP contribution in [0, 0.1) is 11.3 Å². The first-order valence-electron chi connectivity index (χ1n) is 10.9. The zero-order valence-electron chi connectivity index (χ0n) is 19.2. The average Bonchev–Trinajstić information content (AvgIpc) is 2.82. The predicted molar refractivity (Wildman–Crippen MR) is 124 cm³/mol. The fourth-order valence-electron chi connectivity index (χ4n) is 4.02. The van der Waals surface area contributed by atoms with E-state index in [-0.39, 0.29) is 23.9 Å². The molecule has 0 radical (unpaired) electrons. The monoisotopic (exact) mass is 449 g/mol. The Bertz CT molecular complexity index is 1230. The molecule has 0 unspecified atom stereocenters. The second kappa shape index (κ2) is 9.46. The highest BCUT2D eigenvalue weighted by molar-refractivity contribution is 5.88. The van der Waals surface area contributed by atoms with E-state index in [0.717, 1.165) is 0 Å². The quantitative estimate of drug-likeness (QED) is 0.566. The van der Waals surface area contributed by atoms with Crippen molar-refractivity contribution in [3.05, 3.63) is 52.6 Å². The summed E-state index contributed by atoms with van der Waals surface area (Å²) < 4.78 is 19.0. The number of aromatic nitrogens is 3. The maximum absolute atomic E-state index is 12.6. The molecule has 3 aromatic heterocycles. The number of nitriles is 1. The van der Waals surface area contributed by atoms with Crippen LogP contribution < -0.4 is 19.9 Å². The summed E-state index contributed by atoms with van der Waals surface area (Å²) >= 11 is 0. The predicted octanol–water partition coefficient (Wildman–Crippen LogP) is 2.66. The van der Waals surface area contributed by atoms with Gasteiger partial charge in [-0.1, -0.05) is 0 Å². The van der Waals surface area contributed by atoms with Gasteiger partial charge in [0.05, 0.1) is 23.5 Å². The van der Waals surface area contributed by atoms with Gasteiger partial charge in [0.25, 0.3) is 5.56 Å². The molecule has 9 nitrogen and oxygen atoms in total. The van der Waals surface area contributed by atoms with E-state index >= 15 is 0 Å². The molecule has 0 amide bonds. The molecule has 1 aliphatic heterocycles. The summed E-state index contributed by atoms with van der Waals surface area (Å²) in [4.78, 5) is 23.5. The first-order chi connectivity index (χ1) is 15.9. The Hall–Kier alpha value is -3.64. The zero-order chi connectivity index (χ0) is 23.5. The van der Waals surface area contributed by atoms with Crippen LogP contribution in [0.3, 0.4) is 0 Å². The summed E-state index contributed by atoms with van der Waals surface area (Å²) in [7, 11) is 3.34. The topological polar surface area (TPSA) is 103 Å². The lowest BCUT2D eigenvalue weighted by atomic mass is 10.0. The lowest BCUT2D eigenvalue weighted by Gasteiger charge is -2.38. The Morgan fingerprint density at radius 1 is 1.21 bits per heavy atom. The highest BCUT2D eigenvalue weighted by Crippen LogP contribution is 2.29. The molecule has 4 rings (SSSR count). The lowest BCUT2D eigenvalue weighted by molar-refractivity contribution is -0.00909. The van der Waals surface area contributed by atoms with Crippen molar-refractivity contribution >= 4 is 16.7 Å². The minimum atomic E-state index is -0.245. The fourth-order valence-corrected chi connectivity index (χ4v) is 4.02. The molecule has 4 heterocycles. The third-order valence-corrected chi connectivity index (χ3v) is 5.68. The van der Waals surface area contributed by atoms with Crippen LogP contribution in [-0.4, -0.2) is 53.0 Å². The number of hydrogen-bond donors (Lipinski definition) is 0. The van der Waals surface area contributed by atoms with Crippen LogP contribution in [0.5, 0.6) is 11.6 Å². The summed E-state index contributed by atoms with van der Waals surface area (Å²) in [6.45, 7) is 5.07. The Morgan fingerprint density at radius 2 is 2.03 bits per heavy atom. The highest BCUT2D eigenvalue weighted by Gasteiger charge is 2.32. The molecule has 0 spiro atoms. The minimum absolute atomic E-state index is 0.0744. The number of aryl methyl sites for hydroxylation is 1. The van der Waals surface area contributed by atoms with E-state index in [9.17, 15) is 10.1 Å². The molecule has 0 aromatic carbocycles. The van der Waals surface area contributed by atoms with E-state index in [1.165, 1.54) is 4.57 Å². The molecule has 0 aliphatic carbocycles. The van der Waals surface area contributed by atoms with Gasteiger partial charge < -0.3 is 23.7 Å². The van der Waals surface area contributed by atoms with Crippen molar-refractivity contribution in [3.8, 4) is 17.7 Å². The number of piperidine rings is 1. The smallest absolute Gasteiger partial charge is 0.252 e. The molecular formula is C24H27N5O4. The molecule has 0 N–H and O–H groups in total. The maximum Gasteiger partial charge on any atom is 0.252 e. The molecule has 1 saturated heterocycles. The summed E-state index contributed by atoms with van der Waals surface area (Å²) in [5.74, 6) is 1.20. The molecule has 33 heavy (non-hydrogen) atoms. The summed E-state index contributed by atoms with van der Waals surface area (Å²) in [6.07, 6.45) is 1.95. The van der Waals surface area contributed by atoms with Crippen LogP contribution in [0.1, 0.15) is 26.0 Å². The van der Waals surface area contributed by atoms with Crippen molar-refractivity contribution in [1.29, 1.82) is 5.26 Å². The number of nitrogens with zero attached hydrogens (tertiary/aromatic N) is 5. The summed E-state index contributed by atoms with van der Waals surface area (Å²) in [5.41, 5.74) is 2.16. The average molecular weight is 450 g/mol. The van der Waals surface area contributed by atoms with E-state index in [1.807, 2.05) is 19.9 Å². The van der Waals surface area contributed by atoms with Crippen LogP contribution in [-0.2, 0) is 11.8 Å². The molecule has 0 bridgehead atoms. The lowest BCUT2D eigenvalue weighted by Crippen LogP contribution is -2.50. The van der Waals surface area contributed by atoms with Crippen molar-refractivity contribution in [2.45, 2.75) is 38.6 Å². The van der Waals surface area contributed by atoms with Gasteiger partial charge in [-0.2, -0.15) is 5.26 Å². The SMILES string of the molecule is CO[C@H]1CN(c2cc(=O)n(C)c3ccc(C#N)nc23)CC[C@@H]1Oc1ccc(OC(C)C)cn1. The van der Waals surface area contributed by atoms with E-state index in [4.69, 9.17) is 14.2 Å². The van der Waals surface area contributed by atoms with E-state index in [2.05, 4.69) is 20.9 Å². The minimum Gasteiger partial charge on any atom is -0.489 e. The van der Waals surface area contributed by atoms with Gasteiger partial charge in [-0.25, -0.2) is 9.97 Å². The first-order valence-corrected chi connectivity index (χ1v) is 10.9. The number of ether oxygens (including phenoxy) is 3. The van der Waals surface area contributed by atoms with E-state index in [1.54, 1.807) is 44.6 Å². The number of methoxy groups -OCH3 is 1. The Kier molecular flexibility index (Phi) is 6.47. The molecule has 0 saturated carbocycles. The molecular weight excluding hydrogens is 422 g/mol. The third-order valence-electron chi connectivity index (χ3n) is 5.68. The van der Waals surface area contributed by atoms with Crippen LogP contribution >= 0.6 is 0 Å². The highest BCUT2D eigenvalue weighted by atomic mass is 16.5. The van der Waals surface area contributed by atoms with E-state index in [0.29, 0.717) is 53.6 Å². The van der Waals surface area contributed by atoms with Crippen molar-refractivity contribution in [2.75, 3.05) is 25.1 Å². The van der Waals surface area contributed by atoms with Gasteiger partial charge >= 0.3 is 0 Å². The van der Waals surface area contributed by atoms with Crippen molar-refractivity contribution < 1.29 is 14.2 Å². The third kappa shape index (κ3) is 4.76. The second-order valence-electron chi connectivity index (χ2n) is 8.27. The molecule has 172 valence electrons. The van der Waals surface area contributed by atoms with Crippen molar-refractivity contribution in [1.82, 2.24) is 14.5 Å². The van der Waals surface area contributed by atoms with Gasteiger partial charge in [0.2, 0.25) is 5.88 Å². The van der Waals surface area contributed by atoms with Gasteiger partial charge in [-0.05, 0) is 32.0 Å². The van der Waals surface area contributed by atoms with Gasteiger partial charge in [-0.15, -0.1) is 0 Å². The first kappa shape index (κ1) is 22.6. The van der Waals surface area contributed by atoms with Crippen molar-refractivity contribution in [2.24, 2.45) is 7.05 Å². The van der Waals surface area contributed by atoms with Crippen LogP contribution in [0.4, 0.5) is 5.69 Å². The molecule has 3 aromatic rings. The van der Waals surface area contributed by atoms with E-state index < -0.39 is 0 Å². The van der Waals surface area contributed by atoms with Crippen LogP contribution in [0.15, 0.2) is 41.3 Å². The number of hydrogen-bond acceptors (Lipinski definition) is 8. The van der Waals surface area contributed by atoms with Gasteiger partial charge in [0.1, 0.15) is 35.2 Å². The fraction of sp³-hybridized carbons (Fsp3) is 0.417. The second-order valence-corrected chi connectivity index (χ2v) is 8.27. The zero-order valence-corrected chi connectivity index (χ0v) is 19.2. The molecule has 2 atom stereocenters. The van der Waals surface area contributed by atoms with Crippen molar-refractivity contribution in [3.63, 3.8) is 0 Å². The number of fused-ring (bicyclic) bond motifs is 1. The van der Waals surface area contributed by atoms with Crippen LogP contribution in [0.2, 0.25) is 0 Å². The van der Waals surface area contributed by atoms with Gasteiger partial charge in [-0.3, -0.25) is 4.79 Å². The Balaban J connectivity index is 1.56. The molecule has 1 aliphatic rings. The molecule has 1 fully saturated rings. The largest absolute Gasteiger partial charge is 0.489 e. The summed E-state index contributed by atoms with van der Waals surface area (Å²) in [5, 5.41) is 9.29. The standard InChI is InChI=1S/C24H27N5O4/c1-15(2)32-17-6-8-22(26-13-17)33-20-9-10-29(14-21(20)31-4)19-11-23(30)28(3)18-7-5-16(12-25)27-24(18)19/h5-8,11,13,15,20-21H,9-10,14H2,1-4H3/t20-,21-/m0/s1. The summed E-state index contributed by atoms with van der Waals surface area (Å²) in [6, 6.07) is 10.6. The number of pyridine rings is 3. The Labute approximate surface area is 192 Å². The number of rotatable bonds is 6. The van der Waals surface area contributed by atoms with Gasteiger partial charge in [0, 0.05) is 45.8 Å². The molecule has 9 heteroatoms. The Morgan fingerprint density at radius 3 is 2.70 bits per heavy atom. The maximum atomic E-state index is 12.6. The van der Waals surface area contributed by atoms with Gasteiger partial charge in [0.15, 0.2) is 0 Å². The number of anilines is 1. The van der Waals surface area contributed by atoms with Crippen LogP contribution in [0.25, 0.3) is 11.0 Å². The normalized spacial score (nSPS) is 18.4.